The average molecular weight is 458 g/mol. The number of carbonyl (C=O) groups excluding carboxylic acids is 1. The second-order valence-electron chi connectivity index (χ2n) is 10.1. The topological polar surface area (TPSA) is 31.2 Å². The Hall–Kier alpha value is -3.77. The highest BCUT2D eigenvalue weighted by atomic mass is 16.6. The minimum Gasteiger partial charge on any atom is -0.440 e. The van der Waals surface area contributed by atoms with Crippen LogP contribution in [0.5, 0.6) is 0 Å². The van der Waals surface area contributed by atoms with Gasteiger partial charge in [-0.25, -0.2) is 4.79 Å². The first-order valence-corrected chi connectivity index (χ1v) is 12.7. The summed E-state index contributed by atoms with van der Waals surface area (Å²) in [6, 6.07) is 25.2. The number of hydrogen-bond donors (Lipinski definition) is 0. The van der Waals surface area contributed by atoms with Crippen molar-refractivity contribution < 1.29 is 9.53 Å². The fourth-order valence-corrected chi connectivity index (χ4v) is 7.03. The number of esters is 1. The Morgan fingerprint density at radius 2 is 1.80 bits per heavy atom. The van der Waals surface area contributed by atoms with Crippen molar-refractivity contribution in [1.29, 1.82) is 0 Å². The number of benzene rings is 2. The summed E-state index contributed by atoms with van der Waals surface area (Å²) in [5.41, 5.74) is 10.1. The molecule has 1 aliphatic heterocycles. The van der Waals surface area contributed by atoms with Crippen LogP contribution in [0.25, 0.3) is 27.7 Å². The Labute approximate surface area is 206 Å². The van der Waals surface area contributed by atoms with Gasteiger partial charge in [-0.15, -0.1) is 0 Å². The zero-order valence-electron chi connectivity index (χ0n) is 20.4. The van der Waals surface area contributed by atoms with Gasteiger partial charge in [0.2, 0.25) is 0 Å². The van der Waals surface area contributed by atoms with Crippen LogP contribution in [0.2, 0.25) is 0 Å². The molecular weight excluding hydrogens is 430 g/mol. The summed E-state index contributed by atoms with van der Waals surface area (Å²) in [6.07, 6.45) is 4.74. The lowest BCUT2D eigenvalue weighted by Gasteiger charge is -2.30. The van der Waals surface area contributed by atoms with E-state index in [4.69, 9.17) is 4.74 Å². The van der Waals surface area contributed by atoms with Gasteiger partial charge < -0.3 is 9.30 Å². The molecule has 4 aromatic rings. The number of unbranched alkanes of at least 4 members (excludes halogenated alkanes) is 2. The van der Waals surface area contributed by atoms with Gasteiger partial charge in [-0.2, -0.15) is 0 Å². The van der Waals surface area contributed by atoms with Crippen molar-refractivity contribution in [2.24, 2.45) is 7.05 Å². The van der Waals surface area contributed by atoms with Gasteiger partial charge in [0.15, 0.2) is 5.60 Å². The molecule has 3 nitrogen and oxygen atoms in total. The zero-order chi connectivity index (χ0) is 23.9. The summed E-state index contributed by atoms with van der Waals surface area (Å²) in [7, 11) is 2.08. The first-order valence-electron chi connectivity index (χ1n) is 12.7. The molecule has 0 spiro atoms. The maximum absolute atomic E-state index is 13.4. The normalized spacial score (nSPS) is 21.2. The maximum Gasteiger partial charge on any atom is 0.340 e. The van der Waals surface area contributed by atoms with Crippen molar-refractivity contribution in [2.75, 3.05) is 0 Å². The third-order valence-corrected chi connectivity index (χ3v) is 8.42. The van der Waals surface area contributed by atoms with E-state index < -0.39 is 5.60 Å². The molecule has 35 heavy (non-hydrogen) atoms. The first kappa shape index (κ1) is 20.6. The van der Waals surface area contributed by atoms with E-state index in [1.807, 2.05) is 18.2 Å². The van der Waals surface area contributed by atoms with Crippen molar-refractivity contribution in [3.05, 3.63) is 100 Å². The second kappa shape index (κ2) is 7.12. The number of carbonyl (C=O) groups is 1. The van der Waals surface area contributed by atoms with Crippen molar-refractivity contribution in [1.82, 2.24) is 4.57 Å². The molecule has 0 saturated heterocycles. The van der Waals surface area contributed by atoms with Gasteiger partial charge in [0.25, 0.3) is 0 Å². The molecule has 0 N–H and O–H groups in total. The van der Waals surface area contributed by atoms with Crippen LogP contribution < -0.4 is 0 Å². The smallest absolute Gasteiger partial charge is 0.340 e. The van der Waals surface area contributed by atoms with Gasteiger partial charge >= 0.3 is 5.97 Å². The summed E-state index contributed by atoms with van der Waals surface area (Å²) < 4.78 is 8.81. The van der Waals surface area contributed by atoms with Crippen LogP contribution in [0.4, 0.5) is 0 Å². The number of fused-ring (bicyclic) bond motifs is 6. The van der Waals surface area contributed by atoms with Gasteiger partial charge in [-0.05, 0) is 48.7 Å². The highest BCUT2D eigenvalue weighted by Gasteiger charge is 2.60. The number of ether oxygens (including phenoxy) is 1. The average Bonchev–Trinajstić information content (AvgIpc) is 3.53. The van der Waals surface area contributed by atoms with E-state index >= 15 is 0 Å². The monoisotopic (exact) mass is 457 g/mol. The van der Waals surface area contributed by atoms with E-state index in [0.29, 0.717) is 11.5 Å². The number of hydrogen-bond acceptors (Lipinski definition) is 2. The zero-order valence-corrected chi connectivity index (χ0v) is 20.4. The summed E-state index contributed by atoms with van der Waals surface area (Å²) in [5, 5.41) is 1.07. The van der Waals surface area contributed by atoms with Crippen molar-refractivity contribution in [3.63, 3.8) is 0 Å². The summed E-state index contributed by atoms with van der Waals surface area (Å²) >= 11 is 0. The predicted molar refractivity (Wildman–Crippen MR) is 138 cm³/mol. The number of aromatic nitrogens is 1. The minimum atomic E-state index is -0.938. The van der Waals surface area contributed by atoms with Gasteiger partial charge in [0, 0.05) is 40.6 Å². The first-order chi connectivity index (χ1) is 17.1. The minimum absolute atomic E-state index is 0.233. The molecule has 0 amide bonds. The standard InChI is InChI=1S/C32H27NO2/c1-4-5-6-12-20-19(2)27(22-14-8-7-13-21(20)22)32-28-24(16-11-17-25(28)31(34)35-32)30-29(32)23-15-9-10-18-26(23)33(30)3/h7-9,11,13-17,20H,4-6,12H2,1-3H3. The Balaban J connectivity index is 1.59. The van der Waals surface area contributed by atoms with Gasteiger partial charge in [-0.3, -0.25) is 0 Å². The molecular formula is C32H27NO2. The number of rotatable bonds is 5. The molecule has 2 aliphatic carbocycles. The third-order valence-electron chi connectivity index (χ3n) is 8.42. The number of allylic oxidation sites excluding steroid dienone is 1. The molecule has 2 heterocycles. The highest BCUT2D eigenvalue weighted by Crippen LogP contribution is 2.65. The van der Waals surface area contributed by atoms with Gasteiger partial charge in [0.1, 0.15) is 5.52 Å². The SMILES string of the molecule is CCCCCC1C(C)=C(C23OC(=O)c4cccc(c42)-c2c3c3ccc#cc3n2C)c2ccccc21. The van der Waals surface area contributed by atoms with Crippen LogP contribution in [0.15, 0.2) is 60.2 Å². The van der Waals surface area contributed by atoms with Crippen LogP contribution in [-0.4, -0.2) is 10.5 Å². The molecule has 3 aliphatic rings. The molecule has 2 unspecified atom stereocenters. The summed E-state index contributed by atoms with van der Waals surface area (Å²) in [6.45, 7) is 4.51. The molecule has 0 bridgehead atoms. The van der Waals surface area contributed by atoms with Gasteiger partial charge in [-0.1, -0.05) is 74.2 Å². The summed E-state index contributed by atoms with van der Waals surface area (Å²) in [4.78, 5) is 13.4. The van der Waals surface area contributed by atoms with Gasteiger partial charge in [0.05, 0.1) is 11.3 Å². The lowest BCUT2D eigenvalue weighted by molar-refractivity contribution is 0.0315. The van der Waals surface area contributed by atoms with Crippen LogP contribution in [0.1, 0.15) is 78.1 Å². The van der Waals surface area contributed by atoms with Crippen LogP contribution in [-0.2, 0) is 17.4 Å². The van der Waals surface area contributed by atoms with Crippen LogP contribution >= 0.6 is 0 Å². The number of nitrogens with zero attached hydrogens (tertiary/aromatic N) is 1. The molecule has 3 heteroatoms. The largest absolute Gasteiger partial charge is 0.440 e. The van der Waals surface area contributed by atoms with E-state index in [-0.39, 0.29) is 5.97 Å². The Morgan fingerprint density at radius 1 is 1.00 bits per heavy atom. The fraction of sp³-hybridized carbons (Fsp3) is 0.281. The third kappa shape index (κ3) is 2.40. The van der Waals surface area contributed by atoms with E-state index in [1.54, 1.807) is 0 Å². The van der Waals surface area contributed by atoms with Crippen molar-refractivity contribution >= 4 is 22.4 Å². The molecule has 7 rings (SSSR count). The van der Waals surface area contributed by atoms with E-state index in [0.717, 1.165) is 45.3 Å². The fourth-order valence-electron chi connectivity index (χ4n) is 7.03. The molecule has 172 valence electrons. The second-order valence-corrected chi connectivity index (χ2v) is 10.1. The highest BCUT2D eigenvalue weighted by molar-refractivity contribution is 6.11. The predicted octanol–water partition coefficient (Wildman–Crippen LogP) is 7.32. The molecule has 1 aromatic heterocycles. The van der Waals surface area contributed by atoms with Crippen LogP contribution in [0, 0.1) is 12.1 Å². The Kier molecular flexibility index (Phi) is 4.19. The Bertz CT molecular complexity index is 1590. The Morgan fingerprint density at radius 3 is 2.66 bits per heavy atom. The van der Waals surface area contributed by atoms with Crippen LogP contribution in [0.3, 0.4) is 0 Å². The molecule has 0 saturated carbocycles. The molecule has 3 aromatic carbocycles. The quantitative estimate of drug-likeness (QED) is 0.232. The lowest BCUT2D eigenvalue weighted by Crippen LogP contribution is -2.27. The maximum atomic E-state index is 13.4. The van der Waals surface area contributed by atoms with Crippen molar-refractivity contribution in [3.8, 4) is 11.3 Å². The van der Waals surface area contributed by atoms with E-state index in [1.165, 1.54) is 36.0 Å². The number of aryl methyl sites for hydroxylation is 1. The molecule has 0 radical (unpaired) electrons. The molecule has 2 atom stereocenters. The lowest BCUT2D eigenvalue weighted by atomic mass is 9.79. The van der Waals surface area contributed by atoms with Crippen molar-refractivity contribution in [2.45, 2.75) is 51.0 Å². The van der Waals surface area contributed by atoms with E-state index in [9.17, 15) is 4.79 Å². The summed E-state index contributed by atoms with van der Waals surface area (Å²) in [5.74, 6) is 0.110. The van der Waals surface area contributed by atoms with E-state index in [2.05, 4.69) is 74.0 Å². The molecule has 0 fully saturated rings.